The average Bonchev–Trinajstić information content (AvgIpc) is 3.33. The molecule has 0 aliphatic heterocycles. The van der Waals surface area contributed by atoms with Crippen LogP contribution in [-0.4, -0.2) is 37.2 Å². The molecule has 0 fully saturated rings. The van der Waals surface area contributed by atoms with Gasteiger partial charge in [0.15, 0.2) is 6.10 Å². The van der Waals surface area contributed by atoms with Crippen LogP contribution < -0.4 is 0 Å². The third kappa shape index (κ3) is 52.6. The Kier molecular flexibility index (Phi) is 51.0. The molecule has 0 saturated heterocycles. The molecule has 0 aromatic rings. The topological polar surface area (TPSA) is 78.9 Å². The van der Waals surface area contributed by atoms with Gasteiger partial charge in [-0.25, -0.2) is 0 Å². The lowest BCUT2D eigenvalue weighted by Gasteiger charge is -2.18. The first-order chi connectivity index (χ1) is 33.0. The maximum Gasteiger partial charge on any atom is 0.306 e. The third-order valence-electron chi connectivity index (χ3n) is 11.1. The van der Waals surface area contributed by atoms with E-state index in [2.05, 4.69) is 63.3 Å². The van der Waals surface area contributed by atoms with Gasteiger partial charge in [0.25, 0.3) is 0 Å². The van der Waals surface area contributed by atoms with Gasteiger partial charge in [0.1, 0.15) is 13.2 Å². The van der Waals surface area contributed by atoms with Crippen molar-refractivity contribution in [3.8, 4) is 0 Å². The number of hydrogen-bond donors (Lipinski definition) is 0. The maximum absolute atomic E-state index is 12.8. The molecule has 0 radical (unpaired) electrons. The van der Waals surface area contributed by atoms with Crippen LogP contribution in [-0.2, 0) is 28.6 Å². The van der Waals surface area contributed by atoms with E-state index in [1.165, 1.54) is 116 Å². The summed E-state index contributed by atoms with van der Waals surface area (Å²) in [6.45, 7) is 6.37. The van der Waals surface area contributed by atoms with E-state index >= 15 is 0 Å². The number of esters is 3. The zero-order valence-electron chi connectivity index (χ0n) is 43.1. The number of hydrogen-bond acceptors (Lipinski definition) is 6. The van der Waals surface area contributed by atoms with Crippen LogP contribution >= 0.6 is 0 Å². The van der Waals surface area contributed by atoms with Crippen LogP contribution in [0.5, 0.6) is 0 Å². The number of carbonyl (C=O) groups is 3. The molecule has 0 spiro atoms. The number of carbonyl (C=O) groups excluding carboxylic acids is 3. The summed E-state index contributed by atoms with van der Waals surface area (Å²) in [5.41, 5.74) is 0. The van der Waals surface area contributed by atoms with Crippen molar-refractivity contribution in [2.75, 3.05) is 13.2 Å². The Hall–Kier alpha value is -4.19. The number of rotatable bonds is 47. The molecular formula is C61H98O6. The standard InChI is InChI=1S/C61H98O6/c1-4-7-10-13-16-19-22-25-27-29-30-32-33-36-39-42-45-48-51-54-60(63)66-57-58(56-65-59(62)53-50-47-44-41-38-35-24-21-18-15-12-9-6-3)67-61(64)55-52-49-46-43-40-37-34-31-28-26-23-20-17-14-11-8-5-2/h7,10,13,16,19,22,25-30,32-33,35-36,38-39,44,47,58H,4-6,8-9,11-12,14-15,17-18,20-21,23-24,31,34,37,40-43,45-46,48-57H2,1-3H3/b10-7-,16-13-,22-19-,27-25-,28-26-,30-29+,33-32-,38-35-,39-36-,47-44-. The van der Waals surface area contributed by atoms with Gasteiger partial charge in [-0.15, -0.1) is 0 Å². The van der Waals surface area contributed by atoms with Crippen molar-refractivity contribution in [2.24, 2.45) is 0 Å². The van der Waals surface area contributed by atoms with Crippen LogP contribution in [0.15, 0.2) is 122 Å². The van der Waals surface area contributed by atoms with Gasteiger partial charge in [0.05, 0.1) is 0 Å². The van der Waals surface area contributed by atoms with Crippen LogP contribution in [0.4, 0.5) is 0 Å². The number of ether oxygens (including phenoxy) is 3. The lowest BCUT2D eigenvalue weighted by molar-refractivity contribution is -0.166. The molecule has 67 heavy (non-hydrogen) atoms. The van der Waals surface area contributed by atoms with E-state index in [9.17, 15) is 14.4 Å². The molecule has 0 aliphatic rings. The van der Waals surface area contributed by atoms with Crippen molar-refractivity contribution in [1.29, 1.82) is 0 Å². The van der Waals surface area contributed by atoms with E-state index in [-0.39, 0.29) is 37.5 Å². The van der Waals surface area contributed by atoms with Crippen LogP contribution in [0, 0.1) is 0 Å². The molecule has 0 heterocycles. The summed E-state index contributed by atoms with van der Waals surface area (Å²) in [5, 5.41) is 0. The van der Waals surface area contributed by atoms with Crippen LogP contribution in [0.2, 0.25) is 0 Å². The normalized spacial score (nSPS) is 13.1. The molecule has 0 N–H and O–H groups in total. The van der Waals surface area contributed by atoms with Crippen molar-refractivity contribution in [3.63, 3.8) is 0 Å². The van der Waals surface area contributed by atoms with Gasteiger partial charge >= 0.3 is 17.9 Å². The fourth-order valence-electron chi connectivity index (χ4n) is 7.06. The van der Waals surface area contributed by atoms with Gasteiger partial charge in [-0.05, 0) is 83.5 Å². The average molecular weight is 927 g/mol. The first-order valence-corrected chi connectivity index (χ1v) is 27.1. The minimum Gasteiger partial charge on any atom is -0.462 e. The van der Waals surface area contributed by atoms with E-state index in [1.54, 1.807) is 0 Å². The fraction of sp³-hybridized carbons (Fsp3) is 0.623. The zero-order valence-corrected chi connectivity index (χ0v) is 43.1. The molecule has 1 atom stereocenters. The highest BCUT2D eigenvalue weighted by molar-refractivity contribution is 5.71. The SMILES string of the molecule is CC\C=C/C=C\C=C/C=C\C=C\C=C/C=C\CCCCCC(=O)OCC(COC(=O)CC/C=C\C/C=C\CCCCCCCC)OC(=O)CCCCCCCCC/C=C\CCCCCCCC. The Morgan fingerprint density at radius 1 is 0.328 bits per heavy atom. The maximum atomic E-state index is 12.8. The summed E-state index contributed by atoms with van der Waals surface area (Å²) < 4.78 is 16.7. The van der Waals surface area contributed by atoms with E-state index in [4.69, 9.17) is 14.2 Å². The molecule has 0 bridgehead atoms. The highest BCUT2D eigenvalue weighted by Gasteiger charge is 2.19. The molecule has 0 aromatic heterocycles. The quantitative estimate of drug-likeness (QED) is 0.0199. The van der Waals surface area contributed by atoms with Crippen LogP contribution in [0.25, 0.3) is 0 Å². The Labute approximate surface area is 412 Å². The molecule has 0 rings (SSSR count). The van der Waals surface area contributed by atoms with Crippen molar-refractivity contribution in [3.05, 3.63) is 122 Å². The lowest BCUT2D eigenvalue weighted by atomic mass is 10.1. The highest BCUT2D eigenvalue weighted by atomic mass is 16.6. The number of allylic oxidation sites excluding steroid dienone is 20. The van der Waals surface area contributed by atoms with Crippen molar-refractivity contribution in [2.45, 2.75) is 232 Å². The van der Waals surface area contributed by atoms with Crippen molar-refractivity contribution >= 4 is 17.9 Å². The summed E-state index contributed by atoms with van der Waals surface area (Å²) in [6, 6.07) is 0. The summed E-state index contributed by atoms with van der Waals surface area (Å²) in [4.78, 5) is 38.0. The smallest absolute Gasteiger partial charge is 0.306 e. The molecule has 378 valence electrons. The monoisotopic (exact) mass is 927 g/mol. The van der Waals surface area contributed by atoms with E-state index < -0.39 is 6.10 Å². The van der Waals surface area contributed by atoms with Gasteiger partial charge in [-0.1, -0.05) is 245 Å². The second-order valence-corrected chi connectivity index (χ2v) is 17.6. The first-order valence-electron chi connectivity index (χ1n) is 27.1. The molecule has 0 aromatic carbocycles. The molecule has 0 aliphatic carbocycles. The predicted molar refractivity (Wildman–Crippen MR) is 288 cm³/mol. The summed E-state index contributed by atoms with van der Waals surface area (Å²) >= 11 is 0. The van der Waals surface area contributed by atoms with Crippen LogP contribution in [0.1, 0.15) is 226 Å². The number of unbranched alkanes of at least 4 members (excludes halogenated alkanes) is 22. The second-order valence-electron chi connectivity index (χ2n) is 17.6. The van der Waals surface area contributed by atoms with Gasteiger partial charge in [-0.2, -0.15) is 0 Å². The third-order valence-corrected chi connectivity index (χ3v) is 11.1. The highest BCUT2D eigenvalue weighted by Crippen LogP contribution is 2.13. The van der Waals surface area contributed by atoms with Crippen molar-refractivity contribution in [1.82, 2.24) is 0 Å². The Balaban J connectivity index is 4.56. The van der Waals surface area contributed by atoms with Gasteiger partial charge < -0.3 is 14.2 Å². The minimum absolute atomic E-state index is 0.124. The molecule has 0 saturated carbocycles. The molecule has 1 unspecified atom stereocenters. The lowest BCUT2D eigenvalue weighted by Crippen LogP contribution is -2.30. The molecule has 6 nitrogen and oxygen atoms in total. The van der Waals surface area contributed by atoms with E-state index in [0.29, 0.717) is 19.3 Å². The largest absolute Gasteiger partial charge is 0.462 e. The van der Waals surface area contributed by atoms with Gasteiger partial charge in [-0.3, -0.25) is 14.4 Å². The Bertz CT molecular complexity index is 1440. The minimum atomic E-state index is -0.825. The molecular weight excluding hydrogens is 829 g/mol. The van der Waals surface area contributed by atoms with Crippen LogP contribution in [0.3, 0.4) is 0 Å². The zero-order chi connectivity index (χ0) is 48.6. The van der Waals surface area contributed by atoms with Gasteiger partial charge in [0, 0.05) is 19.3 Å². The molecule has 6 heteroatoms. The first kappa shape index (κ1) is 62.8. The predicted octanol–water partition coefficient (Wildman–Crippen LogP) is 18.1. The van der Waals surface area contributed by atoms with Gasteiger partial charge in [0.2, 0.25) is 0 Å². The summed E-state index contributed by atoms with van der Waals surface area (Å²) in [6.07, 6.45) is 74.8. The van der Waals surface area contributed by atoms with E-state index in [0.717, 1.165) is 64.2 Å². The van der Waals surface area contributed by atoms with Crippen molar-refractivity contribution < 1.29 is 28.6 Å². The Morgan fingerprint density at radius 3 is 1.15 bits per heavy atom. The summed E-state index contributed by atoms with van der Waals surface area (Å²) in [7, 11) is 0. The Morgan fingerprint density at radius 2 is 0.672 bits per heavy atom. The van der Waals surface area contributed by atoms with E-state index in [1.807, 2.05) is 79.0 Å². The second kappa shape index (κ2) is 54.4. The fourth-order valence-corrected chi connectivity index (χ4v) is 7.06. The summed E-state index contributed by atoms with van der Waals surface area (Å²) in [5.74, 6) is -1.04. The molecule has 0 amide bonds.